The third kappa shape index (κ3) is 3.79. The molecule has 1 fully saturated rings. The van der Waals surface area contributed by atoms with Crippen LogP contribution in [0.4, 0.5) is 5.82 Å². The van der Waals surface area contributed by atoms with E-state index in [-0.39, 0.29) is 17.4 Å². The van der Waals surface area contributed by atoms with Crippen LogP contribution in [0, 0.1) is 0 Å². The van der Waals surface area contributed by atoms with Crippen molar-refractivity contribution in [3.63, 3.8) is 0 Å². The van der Waals surface area contributed by atoms with Crippen LogP contribution in [-0.2, 0) is 17.6 Å². The summed E-state index contributed by atoms with van der Waals surface area (Å²) < 4.78 is 0. The van der Waals surface area contributed by atoms with Crippen molar-refractivity contribution in [3.8, 4) is 0 Å². The molecule has 1 aromatic heterocycles. The van der Waals surface area contributed by atoms with Crippen molar-refractivity contribution in [1.29, 1.82) is 0 Å². The van der Waals surface area contributed by atoms with Gasteiger partial charge in [-0.25, -0.2) is 4.98 Å². The lowest BCUT2D eigenvalue weighted by Crippen LogP contribution is -2.51. The zero-order valence-electron chi connectivity index (χ0n) is 12.3. The summed E-state index contributed by atoms with van der Waals surface area (Å²) >= 11 is 0. The topological polar surface area (TPSA) is 116 Å². The van der Waals surface area contributed by atoms with Crippen molar-refractivity contribution in [2.24, 2.45) is 0 Å². The van der Waals surface area contributed by atoms with Gasteiger partial charge in [0.15, 0.2) is 0 Å². The molecule has 1 atom stereocenters. The van der Waals surface area contributed by atoms with E-state index in [0.29, 0.717) is 12.2 Å². The predicted molar refractivity (Wildman–Crippen MR) is 78.2 cm³/mol. The maximum Gasteiger partial charge on any atom is 0.308 e. The number of hydrogen-bond donors (Lipinski definition) is 3. The number of likely N-dealkylation sites (N-methyl/N-ethyl adjacent to an activating group) is 2. The first-order valence-corrected chi connectivity index (χ1v) is 6.85. The highest BCUT2D eigenvalue weighted by Gasteiger charge is 2.23. The third-order valence-corrected chi connectivity index (χ3v) is 3.83. The number of nitrogens with one attached hydrogen (secondary N) is 1. The average molecular weight is 295 g/mol. The molecule has 8 heteroatoms. The molecule has 0 aromatic carbocycles. The molecule has 1 aliphatic heterocycles. The molecule has 0 bridgehead atoms. The van der Waals surface area contributed by atoms with E-state index < -0.39 is 17.9 Å². The maximum absolute atomic E-state index is 11.9. The van der Waals surface area contributed by atoms with Gasteiger partial charge in [-0.05, 0) is 14.1 Å². The first-order chi connectivity index (χ1) is 9.86. The number of hydrogen-bond acceptors (Lipinski definition) is 6. The summed E-state index contributed by atoms with van der Waals surface area (Å²) in [5.74, 6) is -0.600. The van der Waals surface area contributed by atoms with Gasteiger partial charge in [0.1, 0.15) is 11.6 Å². The molecular weight excluding hydrogens is 274 g/mol. The molecular formula is C13H21N5O3. The summed E-state index contributed by atoms with van der Waals surface area (Å²) in [6.07, 6.45) is 0.161. The van der Waals surface area contributed by atoms with E-state index in [2.05, 4.69) is 26.8 Å². The average Bonchev–Trinajstić information content (AvgIpc) is 2.38. The van der Waals surface area contributed by atoms with Gasteiger partial charge in [-0.15, -0.1) is 0 Å². The normalized spacial score (nSPS) is 20.6. The second kappa shape index (κ2) is 6.23. The van der Waals surface area contributed by atoms with E-state index in [1.165, 1.54) is 0 Å². The van der Waals surface area contributed by atoms with Crippen molar-refractivity contribution in [2.75, 3.05) is 39.5 Å². The fourth-order valence-electron chi connectivity index (χ4n) is 2.53. The van der Waals surface area contributed by atoms with Crippen LogP contribution >= 0.6 is 0 Å². The molecule has 0 amide bonds. The summed E-state index contributed by atoms with van der Waals surface area (Å²) in [6.45, 7) is 2.85. The van der Waals surface area contributed by atoms with Crippen LogP contribution in [0.15, 0.2) is 4.79 Å². The lowest BCUT2D eigenvalue weighted by atomic mass is 10.1. The van der Waals surface area contributed by atoms with Crippen LogP contribution in [0.5, 0.6) is 0 Å². The number of aliphatic carboxylic acids is 1. The zero-order chi connectivity index (χ0) is 15.6. The number of nitrogens with two attached hydrogens (primary N) is 1. The van der Waals surface area contributed by atoms with E-state index in [1.54, 1.807) is 0 Å². The summed E-state index contributed by atoms with van der Waals surface area (Å²) in [4.78, 5) is 33.9. The van der Waals surface area contributed by atoms with Crippen molar-refractivity contribution < 1.29 is 9.90 Å². The van der Waals surface area contributed by atoms with Gasteiger partial charge in [-0.2, -0.15) is 0 Å². The Morgan fingerprint density at radius 1 is 1.48 bits per heavy atom. The fourth-order valence-corrected chi connectivity index (χ4v) is 2.53. The number of aromatic amines is 1. The van der Waals surface area contributed by atoms with Crippen molar-refractivity contribution in [1.82, 2.24) is 19.8 Å². The van der Waals surface area contributed by atoms with Crippen LogP contribution < -0.4 is 11.3 Å². The van der Waals surface area contributed by atoms with Crippen LogP contribution in [0.25, 0.3) is 0 Å². The molecule has 0 saturated carbocycles. The molecule has 0 radical (unpaired) electrons. The summed E-state index contributed by atoms with van der Waals surface area (Å²) in [5.41, 5.74) is 5.27. The molecule has 1 aliphatic rings. The Hall–Kier alpha value is -1.93. The maximum atomic E-state index is 11.9. The predicted octanol–water partition coefficient (Wildman–Crippen LogP) is -1.23. The number of carboxylic acids is 1. The Balaban J connectivity index is 2.18. The van der Waals surface area contributed by atoms with Crippen molar-refractivity contribution >= 4 is 11.8 Å². The Bertz CT molecular complexity index is 586. The largest absolute Gasteiger partial charge is 0.481 e. The minimum Gasteiger partial charge on any atom is -0.481 e. The van der Waals surface area contributed by atoms with E-state index in [9.17, 15) is 9.59 Å². The quantitative estimate of drug-likeness (QED) is 0.637. The van der Waals surface area contributed by atoms with Gasteiger partial charge < -0.3 is 25.6 Å². The van der Waals surface area contributed by atoms with Gasteiger partial charge in [0.2, 0.25) is 0 Å². The minimum absolute atomic E-state index is 0.00275. The van der Waals surface area contributed by atoms with Gasteiger partial charge in [0.05, 0.1) is 12.0 Å². The van der Waals surface area contributed by atoms with Crippen LogP contribution in [0.2, 0.25) is 0 Å². The second-order valence-electron chi connectivity index (χ2n) is 5.55. The van der Waals surface area contributed by atoms with Crippen LogP contribution in [-0.4, -0.2) is 70.6 Å². The van der Waals surface area contributed by atoms with E-state index in [0.717, 1.165) is 19.6 Å². The first kappa shape index (κ1) is 15.5. The monoisotopic (exact) mass is 295 g/mol. The van der Waals surface area contributed by atoms with Gasteiger partial charge in [0, 0.05) is 32.1 Å². The molecule has 0 spiro atoms. The number of H-pyrrole nitrogens is 1. The number of nitrogens with zero attached hydrogens (tertiary/aromatic N) is 3. The Morgan fingerprint density at radius 3 is 2.81 bits per heavy atom. The Kier molecular flexibility index (Phi) is 4.59. The highest BCUT2D eigenvalue weighted by molar-refractivity contribution is 5.71. The summed E-state index contributed by atoms with van der Waals surface area (Å²) in [5, 5.41) is 8.76. The molecule has 4 N–H and O–H groups in total. The number of rotatable bonds is 4. The lowest BCUT2D eigenvalue weighted by Gasteiger charge is -2.37. The van der Waals surface area contributed by atoms with Crippen molar-refractivity contribution in [3.05, 3.63) is 21.7 Å². The third-order valence-electron chi connectivity index (χ3n) is 3.83. The standard InChI is InChI=1S/C13H21N5O3/c1-17-3-4-18(2)8(7-17)5-10-15-12(14)9(6-11(19)20)13(21)16-10/h8H,3-7H2,1-2H3,(H,19,20)(H3,14,15,16,21). The van der Waals surface area contributed by atoms with E-state index in [1.807, 2.05) is 7.05 Å². The van der Waals surface area contributed by atoms with Crippen LogP contribution in [0.1, 0.15) is 11.4 Å². The number of piperazine rings is 1. The molecule has 1 saturated heterocycles. The van der Waals surface area contributed by atoms with Crippen LogP contribution in [0.3, 0.4) is 0 Å². The molecule has 2 rings (SSSR count). The molecule has 116 valence electrons. The van der Waals surface area contributed by atoms with Gasteiger partial charge in [-0.3, -0.25) is 9.59 Å². The molecule has 21 heavy (non-hydrogen) atoms. The molecule has 8 nitrogen and oxygen atoms in total. The minimum atomic E-state index is -1.10. The van der Waals surface area contributed by atoms with E-state index >= 15 is 0 Å². The van der Waals surface area contributed by atoms with Crippen molar-refractivity contribution in [2.45, 2.75) is 18.9 Å². The van der Waals surface area contributed by atoms with Gasteiger partial charge in [-0.1, -0.05) is 0 Å². The highest BCUT2D eigenvalue weighted by Crippen LogP contribution is 2.11. The summed E-state index contributed by atoms with van der Waals surface area (Å²) in [7, 11) is 4.10. The number of carbonyl (C=O) groups is 1. The number of aromatic nitrogens is 2. The zero-order valence-corrected chi connectivity index (χ0v) is 12.3. The lowest BCUT2D eigenvalue weighted by molar-refractivity contribution is -0.136. The summed E-state index contributed by atoms with van der Waals surface area (Å²) in [6, 6.07) is 0.247. The highest BCUT2D eigenvalue weighted by atomic mass is 16.4. The smallest absolute Gasteiger partial charge is 0.308 e. The van der Waals surface area contributed by atoms with Gasteiger partial charge >= 0.3 is 5.97 Å². The Labute approximate surface area is 122 Å². The SMILES string of the molecule is CN1CCN(C)C(Cc2nc(N)c(CC(=O)O)c(=O)[nH]2)C1. The molecule has 2 heterocycles. The first-order valence-electron chi connectivity index (χ1n) is 6.85. The number of anilines is 1. The molecule has 1 unspecified atom stereocenters. The number of nitrogen functional groups attached to an aromatic ring is 1. The second-order valence-corrected chi connectivity index (χ2v) is 5.55. The fraction of sp³-hybridized carbons (Fsp3) is 0.615. The Morgan fingerprint density at radius 2 is 2.19 bits per heavy atom. The number of carboxylic acid groups (broad SMARTS) is 1. The molecule has 1 aromatic rings. The van der Waals surface area contributed by atoms with Gasteiger partial charge in [0.25, 0.3) is 5.56 Å². The van der Waals surface area contributed by atoms with E-state index in [4.69, 9.17) is 10.8 Å². The molecule has 0 aliphatic carbocycles.